The standard InChI is InChI=1S/C22H25FO2/c1-14-10-17(25-13-16-8-9-24-12-16)11-15(2)22(14)20-6-7-21(23)19-5-3-4-18(19)20/h6-7,10-11,16H,3-5,8-9,12-13H2,1-2H3/t16-/m1/s1. The first-order valence-electron chi connectivity index (χ1n) is 9.26. The first-order valence-corrected chi connectivity index (χ1v) is 9.26. The molecule has 1 aliphatic heterocycles. The molecule has 2 aromatic rings. The van der Waals surface area contributed by atoms with Crippen LogP contribution in [0.15, 0.2) is 24.3 Å². The third-order valence-electron chi connectivity index (χ3n) is 5.51. The second-order valence-electron chi connectivity index (χ2n) is 7.38. The molecule has 2 nitrogen and oxygen atoms in total. The zero-order valence-electron chi connectivity index (χ0n) is 15.0. The highest BCUT2D eigenvalue weighted by Gasteiger charge is 2.22. The zero-order chi connectivity index (χ0) is 17.4. The van der Waals surface area contributed by atoms with Gasteiger partial charge in [0.15, 0.2) is 0 Å². The molecular formula is C22H25FO2. The molecule has 0 unspecified atom stereocenters. The van der Waals surface area contributed by atoms with Gasteiger partial charge in [-0.25, -0.2) is 4.39 Å². The van der Waals surface area contributed by atoms with E-state index in [9.17, 15) is 4.39 Å². The molecule has 0 N–H and O–H groups in total. The van der Waals surface area contributed by atoms with Crippen molar-refractivity contribution in [2.45, 2.75) is 39.5 Å². The van der Waals surface area contributed by atoms with Crippen LogP contribution in [0.4, 0.5) is 4.39 Å². The Hall–Kier alpha value is -1.87. The Bertz CT molecular complexity index is 768. The maximum atomic E-state index is 14.1. The maximum absolute atomic E-state index is 14.1. The van der Waals surface area contributed by atoms with E-state index in [-0.39, 0.29) is 5.82 Å². The molecule has 25 heavy (non-hydrogen) atoms. The monoisotopic (exact) mass is 340 g/mol. The van der Waals surface area contributed by atoms with E-state index in [0.717, 1.165) is 50.2 Å². The van der Waals surface area contributed by atoms with Crippen LogP contribution < -0.4 is 4.74 Å². The second kappa shape index (κ2) is 6.80. The SMILES string of the molecule is Cc1cc(OC[C@@H]2CCOC2)cc(C)c1-c1ccc(F)c2c1CCC2. The molecule has 4 rings (SSSR count). The lowest BCUT2D eigenvalue weighted by Gasteiger charge is -2.17. The molecular weight excluding hydrogens is 315 g/mol. The summed E-state index contributed by atoms with van der Waals surface area (Å²) in [6.45, 7) is 6.61. The van der Waals surface area contributed by atoms with Gasteiger partial charge in [-0.15, -0.1) is 0 Å². The Labute approximate surface area is 149 Å². The molecule has 1 fully saturated rings. The average Bonchev–Trinajstić information content (AvgIpc) is 3.26. The minimum absolute atomic E-state index is 0.0507. The van der Waals surface area contributed by atoms with Crippen LogP contribution >= 0.6 is 0 Å². The predicted molar refractivity (Wildman–Crippen MR) is 97.8 cm³/mol. The van der Waals surface area contributed by atoms with Crippen molar-refractivity contribution in [2.24, 2.45) is 5.92 Å². The van der Waals surface area contributed by atoms with Gasteiger partial charge in [-0.3, -0.25) is 0 Å². The topological polar surface area (TPSA) is 18.5 Å². The Morgan fingerprint density at radius 2 is 1.88 bits per heavy atom. The number of halogens is 1. The highest BCUT2D eigenvalue weighted by atomic mass is 19.1. The molecule has 2 aliphatic rings. The van der Waals surface area contributed by atoms with Crippen LogP contribution in [0.3, 0.4) is 0 Å². The lowest BCUT2D eigenvalue weighted by molar-refractivity contribution is 0.167. The van der Waals surface area contributed by atoms with Gasteiger partial charge in [-0.05, 0) is 91.1 Å². The molecule has 0 aromatic heterocycles. The molecule has 0 amide bonds. The van der Waals surface area contributed by atoms with Gasteiger partial charge < -0.3 is 9.47 Å². The smallest absolute Gasteiger partial charge is 0.126 e. The second-order valence-corrected chi connectivity index (χ2v) is 7.38. The molecule has 1 aliphatic carbocycles. The summed E-state index contributed by atoms with van der Waals surface area (Å²) in [5.41, 5.74) is 6.92. The van der Waals surface area contributed by atoms with Gasteiger partial charge in [-0.1, -0.05) is 6.07 Å². The number of hydrogen-bond acceptors (Lipinski definition) is 2. The first-order chi connectivity index (χ1) is 12.1. The molecule has 0 saturated carbocycles. The number of rotatable bonds is 4. The minimum Gasteiger partial charge on any atom is -0.493 e. The van der Waals surface area contributed by atoms with Gasteiger partial charge in [0.05, 0.1) is 13.2 Å². The summed E-state index contributed by atoms with van der Waals surface area (Å²) in [5.74, 6) is 1.37. The summed E-state index contributed by atoms with van der Waals surface area (Å²) >= 11 is 0. The molecule has 132 valence electrons. The Balaban J connectivity index is 1.64. The number of aryl methyl sites for hydroxylation is 2. The summed E-state index contributed by atoms with van der Waals surface area (Å²) in [7, 11) is 0. The van der Waals surface area contributed by atoms with Crippen molar-refractivity contribution in [2.75, 3.05) is 19.8 Å². The van der Waals surface area contributed by atoms with Crippen molar-refractivity contribution in [3.8, 4) is 16.9 Å². The molecule has 0 bridgehead atoms. The van der Waals surface area contributed by atoms with Crippen molar-refractivity contribution < 1.29 is 13.9 Å². The first kappa shape index (κ1) is 16.6. The van der Waals surface area contributed by atoms with E-state index in [1.54, 1.807) is 6.07 Å². The highest BCUT2D eigenvalue weighted by Crippen LogP contribution is 2.38. The van der Waals surface area contributed by atoms with E-state index in [4.69, 9.17) is 9.47 Å². The highest BCUT2D eigenvalue weighted by molar-refractivity contribution is 5.76. The summed E-state index contributed by atoms with van der Waals surface area (Å²) < 4.78 is 25.5. The maximum Gasteiger partial charge on any atom is 0.126 e. The number of benzene rings is 2. The van der Waals surface area contributed by atoms with Gasteiger partial charge >= 0.3 is 0 Å². The van der Waals surface area contributed by atoms with Crippen molar-refractivity contribution in [1.82, 2.24) is 0 Å². The van der Waals surface area contributed by atoms with Crippen LogP contribution in [0.2, 0.25) is 0 Å². The molecule has 0 radical (unpaired) electrons. The Morgan fingerprint density at radius 1 is 1.12 bits per heavy atom. The van der Waals surface area contributed by atoms with Crippen molar-refractivity contribution in [1.29, 1.82) is 0 Å². The predicted octanol–water partition coefficient (Wildman–Crippen LogP) is 5.01. The van der Waals surface area contributed by atoms with E-state index in [2.05, 4.69) is 26.0 Å². The van der Waals surface area contributed by atoms with Crippen LogP contribution in [-0.4, -0.2) is 19.8 Å². The van der Waals surface area contributed by atoms with Crippen LogP contribution in [0.1, 0.15) is 35.1 Å². The summed E-state index contributed by atoms with van der Waals surface area (Å²) in [4.78, 5) is 0. The van der Waals surface area contributed by atoms with Gasteiger partial charge in [-0.2, -0.15) is 0 Å². The van der Waals surface area contributed by atoms with Crippen molar-refractivity contribution in [3.63, 3.8) is 0 Å². The van der Waals surface area contributed by atoms with E-state index >= 15 is 0 Å². The zero-order valence-corrected chi connectivity index (χ0v) is 15.0. The van der Waals surface area contributed by atoms with Crippen LogP contribution in [0, 0.1) is 25.6 Å². The van der Waals surface area contributed by atoms with Crippen LogP contribution in [-0.2, 0) is 17.6 Å². The Kier molecular flexibility index (Phi) is 4.51. The fraction of sp³-hybridized carbons (Fsp3) is 0.455. The van der Waals surface area contributed by atoms with Crippen LogP contribution in [0.5, 0.6) is 5.75 Å². The minimum atomic E-state index is -0.0507. The third kappa shape index (κ3) is 3.18. The number of fused-ring (bicyclic) bond motifs is 1. The molecule has 0 spiro atoms. The molecule has 1 saturated heterocycles. The quantitative estimate of drug-likeness (QED) is 0.778. The van der Waals surface area contributed by atoms with E-state index in [0.29, 0.717) is 12.5 Å². The van der Waals surface area contributed by atoms with E-state index < -0.39 is 0 Å². The summed E-state index contributed by atoms with van der Waals surface area (Å²) in [6, 6.07) is 7.81. The third-order valence-corrected chi connectivity index (χ3v) is 5.51. The number of ether oxygens (including phenoxy) is 2. The Morgan fingerprint density at radius 3 is 2.60 bits per heavy atom. The van der Waals surface area contributed by atoms with Gasteiger partial charge in [0.25, 0.3) is 0 Å². The fourth-order valence-electron chi connectivity index (χ4n) is 4.26. The van der Waals surface area contributed by atoms with Gasteiger partial charge in [0.1, 0.15) is 11.6 Å². The molecule has 1 heterocycles. The summed E-state index contributed by atoms with van der Waals surface area (Å²) in [6.07, 6.45) is 3.96. The van der Waals surface area contributed by atoms with Crippen molar-refractivity contribution in [3.05, 3.63) is 52.3 Å². The van der Waals surface area contributed by atoms with Crippen LogP contribution in [0.25, 0.3) is 11.1 Å². The van der Waals surface area contributed by atoms with Gasteiger partial charge in [0.2, 0.25) is 0 Å². The van der Waals surface area contributed by atoms with E-state index in [1.807, 2.05) is 6.07 Å². The lowest BCUT2D eigenvalue weighted by atomic mass is 9.90. The van der Waals surface area contributed by atoms with E-state index in [1.165, 1.54) is 27.8 Å². The largest absolute Gasteiger partial charge is 0.493 e. The number of hydrogen-bond donors (Lipinski definition) is 0. The summed E-state index contributed by atoms with van der Waals surface area (Å²) in [5, 5.41) is 0. The fourth-order valence-corrected chi connectivity index (χ4v) is 4.26. The molecule has 1 atom stereocenters. The normalized spacial score (nSPS) is 19.2. The van der Waals surface area contributed by atoms with Gasteiger partial charge in [0, 0.05) is 12.5 Å². The van der Waals surface area contributed by atoms with Crippen molar-refractivity contribution >= 4 is 0 Å². The lowest BCUT2D eigenvalue weighted by Crippen LogP contribution is -2.11. The molecule has 2 aromatic carbocycles. The molecule has 3 heteroatoms. The average molecular weight is 340 g/mol.